The van der Waals surface area contributed by atoms with E-state index in [2.05, 4.69) is 5.32 Å². The van der Waals surface area contributed by atoms with Crippen LogP contribution in [0.25, 0.3) is 0 Å². The molecule has 226 valence electrons. The summed E-state index contributed by atoms with van der Waals surface area (Å²) in [5.74, 6) is -2.17. The zero-order chi connectivity index (χ0) is 31.2. The van der Waals surface area contributed by atoms with Gasteiger partial charge in [-0.3, -0.25) is 13.9 Å². The fourth-order valence-corrected chi connectivity index (χ4v) is 5.31. The van der Waals surface area contributed by atoms with E-state index < -0.39 is 69.2 Å². The Kier molecular flexibility index (Phi) is 10.6. The summed E-state index contributed by atoms with van der Waals surface area (Å²) in [4.78, 5) is 28.4. The number of carbonyl (C=O) groups is 2. The molecule has 1 N–H and O–H groups in total. The molecule has 0 aliphatic heterocycles. The molecule has 0 aliphatic rings. The molecule has 0 saturated carbocycles. The number of rotatable bonds is 11. The monoisotopic (exact) mass is 627 g/mol. The summed E-state index contributed by atoms with van der Waals surface area (Å²) in [5.41, 5.74) is -1.03. The summed E-state index contributed by atoms with van der Waals surface area (Å²) in [6, 6.07) is 15.2. The molecule has 3 aromatic carbocycles. The third-order valence-electron chi connectivity index (χ3n) is 6.22. The maximum Gasteiger partial charge on any atom is 0.417 e. The minimum atomic E-state index is -4.90. The first-order valence-corrected chi connectivity index (χ1v) is 15.0. The summed E-state index contributed by atoms with van der Waals surface area (Å²) in [6.07, 6.45) is -4.17. The molecule has 0 fully saturated rings. The van der Waals surface area contributed by atoms with Crippen LogP contribution in [0, 0.1) is 5.82 Å². The van der Waals surface area contributed by atoms with Crippen molar-refractivity contribution in [3.63, 3.8) is 0 Å². The normalized spacial score (nSPS) is 12.6. The van der Waals surface area contributed by atoms with Gasteiger partial charge in [0.05, 0.1) is 22.5 Å². The van der Waals surface area contributed by atoms with Gasteiger partial charge in [0.15, 0.2) is 0 Å². The lowest BCUT2D eigenvalue weighted by atomic mass is 10.0. The summed E-state index contributed by atoms with van der Waals surface area (Å²) in [6.45, 7) is 2.04. The lowest BCUT2D eigenvalue weighted by molar-refractivity contribution is -0.140. The molecule has 0 spiro atoms. The van der Waals surface area contributed by atoms with Crippen molar-refractivity contribution in [3.05, 3.63) is 100 Å². The predicted octanol–water partition coefficient (Wildman–Crippen LogP) is 5.43. The maximum absolute atomic E-state index is 14.8. The molecule has 1 atom stereocenters. The minimum Gasteiger partial charge on any atom is -0.352 e. The number of carbonyl (C=O) groups excluding carboxylic acids is 2. The number of anilines is 1. The molecule has 0 aliphatic carbocycles. The fraction of sp³-hybridized carbons (Fsp3) is 0.310. The average Bonchev–Trinajstić information content (AvgIpc) is 2.89. The number of nitrogens with zero attached hydrogens (tertiary/aromatic N) is 2. The van der Waals surface area contributed by atoms with Crippen molar-refractivity contribution < 1.29 is 35.6 Å². The Labute approximate surface area is 247 Å². The van der Waals surface area contributed by atoms with Crippen LogP contribution in [-0.4, -0.2) is 50.0 Å². The highest BCUT2D eigenvalue weighted by Gasteiger charge is 2.36. The van der Waals surface area contributed by atoms with Crippen LogP contribution in [0.2, 0.25) is 5.02 Å². The Balaban J connectivity index is 2.11. The summed E-state index contributed by atoms with van der Waals surface area (Å²) in [5, 5.41) is 2.09. The molecule has 3 aromatic rings. The van der Waals surface area contributed by atoms with Crippen LogP contribution in [0.4, 0.5) is 23.2 Å². The highest BCUT2D eigenvalue weighted by atomic mass is 35.5. The summed E-state index contributed by atoms with van der Waals surface area (Å²) in [7, 11) is -4.33. The lowest BCUT2D eigenvalue weighted by Crippen LogP contribution is -2.54. The first-order chi connectivity index (χ1) is 19.6. The second kappa shape index (κ2) is 13.6. The number of halogens is 5. The van der Waals surface area contributed by atoms with Gasteiger partial charge < -0.3 is 10.2 Å². The van der Waals surface area contributed by atoms with E-state index in [0.29, 0.717) is 15.9 Å². The molecule has 0 radical (unpaired) electrons. The molecule has 0 saturated heterocycles. The zero-order valence-corrected chi connectivity index (χ0v) is 24.6. The van der Waals surface area contributed by atoms with E-state index in [-0.39, 0.29) is 18.0 Å². The smallest absolute Gasteiger partial charge is 0.352 e. The van der Waals surface area contributed by atoms with Gasteiger partial charge in [0.2, 0.25) is 21.8 Å². The van der Waals surface area contributed by atoms with Crippen LogP contribution >= 0.6 is 11.6 Å². The first-order valence-electron chi connectivity index (χ1n) is 12.8. The number of amides is 2. The van der Waals surface area contributed by atoms with Crippen LogP contribution in [-0.2, 0) is 38.8 Å². The minimum absolute atomic E-state index is 0.00235. The molecular formula is C29H30ClF4N3O4S. The van der Waals surface area contributed by atoms with Gasteiger partial charge in [0.1, 0.15) is 18.4 Å². The number of sulfonamides is 1. The van der Waals surface area contributed by atoms with Gasteiger partial charge in [-0.15, -0.1) is 0 Å². The van der Waals surface area contributed by atoms with Crippen molar-refractivity contribution in [3.8, 4) is 0 Å². The van der Waals surface area contributed by atoms with Crippen molar-refractivity contribution in [2.24, 2.45) is 0 Å². The van der Waals surface area contributed by atoms with E-state index in [9.17, 15) is 35.6 Å². The van der Waals surface area contributed by atoms with Gasteiger partial charge in [0.25, 0.3) is 0 Å². The lowest BCUT2D eigenvalue weighted by Gasteiger charge is -2.34. The molecule has 0 bridgehead atoms. The number of hydrogen-bond acceptors (Lipinski definition) is 4. The average molecular weight is 628 g/mol. The molecule has 42 heavy (non-hydrogen) atoms. The van der Waals surface area contributed by atoms with Gasteiger partial charge in [-0.1, -0.05) is 60.1 Å². The maximum atomic E-state index is 14.8. The fourth-order valence-electron chi connectivity index (χ4n) is 4.24. The Morgan fingerprint density at radius 2 is 1.60 bits per heavy atom. The topological polar surface area (TPSA) is 86.8 Å². The summed E-state index contributed by atoms with van der Waals surface area (Å²) < 4.78 is 81.5. The standard InChI is InChI=1S/C29H30ClF4N3O4S/c1-19(2)35-28(39)26(15-20-9-5-4-6-10-20)36(17-21-11-7-8-12-25(21)31)27(38)18-37(42(3,40)41)22-13-14-24(30)23(16-22)29(32,33)34/h4-14,16,19,26H,15,17-18H2,1-3H3,(H,35,39)/t26-/m0/s1. The Morgan fingerprint density at radius 3 is 2.17 bits per heavy atom. The van der Waals surface area contributed by atoms with E-state index >= 15 is 0 Å². The third-order valence-corrected chi connectivity index (χ3v) is 7.69. The van der Waals surface area contributed by atoms with Crippen molar-refractivity contribution in [2.45, 2.75) is 45.1 Å². The largest absolute Gasteiger partial charge is 0.417 e. The van der Waals surface area contributed by atoms with Gasteiger partial charge in [0, 0.05) is 24.6 Å². The van der Waals surface area contributed by atoms with E-state index in [1.807, 2.05) is 0 Å². The van der Waals surface area contributed by atoms with Crippen molar-refractivity contribution in [1.82, 2.24) is 10.2 Å². The SMILES string of the molecule is CC(C)NC(=O)[C@H](Cc1ccccc1)N(Cc1ccccc1F)C(=O)CN(c1ccc(Cl)c(C(F)(F)F)c1)S(C)(=O)=O. The molecule has 3 rings (SSSR count). The first kappa shape index (κ1) is 32.9. The van der Waals surface area contributed by atoms with E-state index in [1.165, 1.54) is 24.3 Å². The van der Waals surface area contributed by atoms with Crippen molar-refractivity contribution in [1.29, 1.82) is 0 Å². The van der Waals surface area contributed by atoms with Gasteiger partial charge in [-0.2, -0.15) is 13.2 Å². The molecule has 7 nitrogen and oxygen atoms in total. The van der Waals surface area contributed by atoms with Crippen molar-refractivity contribution in [2.75, 3.05) is 17.1 Å². The molecule has 0 aromatic heterocycles. The van der Waals surface area contributed by atoms with Crippen LogP contribution < -0.4 is 9.62 Å². The Hall–Kier alpha value is -3.64. The molecule has 0 unspecified atom stereocenters. The van der Waals surface area contributed by atoms with Crippen LogP contribution in [0.1, 0.15) is 30.5 Å². The quantitative estimate of drug-likeness (QED) is 0.287. The number of alkyl halides is 3. The highest BCUT2D eigenvalue weighted by molar-refractivity contribution is 7.92. The van der Waals surface area contributed by atoms with Gasteiger partial charge in [-0.05, 0) is 43.7 Å². The molecule has 13 heteroatoms. The van der Waals surface area contributed by atoms with E-state index in [4.69, 9.17) is 11.6 Å². The third kappa shape index (κ3) is 8.68. The number of benzene rings is 3. The molecule has 0 heterocycles. The second-order valence-electron chi connectivity index (χ2n) is 9.91. The number of nitrogens with one attached hydrogen (secondary N) is 1. The Bertz CT molecular complexity index is 1520. The van der Waals surface area contributed by atoms with Crippen LogP contribution in [0.3, 0.4) is 0 Å². The van der Waals surface area contributed by atoms with Gasteiger partial charge >= 0.3 is 6.18 Å². The second-order valence-corrected chi connectivity index (χ2v) is 12.2. The molecular weight excluding hydrogens is 598 g/mol. The molecule has 2 amide bonds. The van der Waals surface area contributed by atoms with Gasteiger partial charge in [-0.25, -0.2) is 12.8 Å². The van der Waals surface area contributed by atoms with Crippen LogP contribution in [0.5, 0.6) is 0 Å². The zero-order valence-electron chi connectivity index (χ0n) is 23.0. The number of hydrogen-bond donors (Lipinski definition) is 1. The Morgan fingerprint density at radius 1 is 0.976 bits per heavy atom. The predicted molar refractivity (Wildman–Crippen MR) is 153 cm³/mol. The van der Waals surface area contributed by atoms with Crippen LogP contribution in [0.15, 0.2) is 72.8 Å². The summed E-state index contributed by atoms with van der Waals surface area (Å²) >= 11 is 5.71. The van der Waals surface area contributed by atoms with E-state index in [0.717, 1.165) is 23.3 Å². The van der Waals surface area contributed by atoms with E-state index in [1.54, 1.807) is 44.2 Å². The van der Waals surface area contributed by atoms with Crippen molar-refractivity contribution >= 4 is 39.1 Å². The highest BCUT2D eigenvalue weighted by Crippen LogP contribution is 2.37.